The molecule has 2 unspecified atom stereocenters. The first kappa shape index (κ1) is 12.7. The Morgan fingerprint density at radius 1 is 1.10 bits per heavy atom. The topological polar surface area (TPSA) is 54.2 Å². The Morgan fingerprint density at radius 3 is 2.57 bits per heavy atom. The summed E-state index contributed by atoms with van der Waals surface area (Å²) in [4.78, 5) is 6.87. The number of nitrogens with one attached hydrogen (secondary N) is 1. The van der Waals surface area contributed by atoms with Crippen LogP contribution in [-0.4, -0.2) is 29.0 Å². The summed E-state index contributed by atoms with van der Waals surface area (Å²) in [7, 11) is 0. The van der Waals surface area contributed by atoms with E-state index in [2.05, 4.69) is 45.5 Å². The lowest BCUT2D eigenvalue weighted by Gasteiger charge is -2.20. The molecule has 3 N–H and O–H groups in total. The number of piperidine rings is 1. The van der Waals surface area contributed by atoms with Gasteiger partial charge in [-0.3, -0.25) is 4.90 Å². The predicted molar refractivity (Wildman–Crippen MR) is 84.8 cm³/mol. The molecular weight excluding hydrogens is 260 g/mol. The Labute approximate surface area is 125 Å². The minimum atomic E-state index is 0.550. The lowest BCUT2D eigenvalue weighted by molar-refractivity contribution is 0.292. The Kier molecular flexibility index (Phi) is 3.04. The molecule has 2 aromatic rings. The zero-order valence-electron chi connectivity index (χ0n) is 11.9. The van der Waals surface area contributed by atoms with Crippen LogP contribution in [0, 0.1) is 11.8 Å². The number of hydrogen-bond donors (Lipinski definition) is 2. The minimum absolute atomic E-state index is 0.550. The third-order valence-electron chi connectivity index (χ3n) is 4.66. The molecule has 0 amide bonds. The van der Waals surface area contributed by atoms with Crippen LogP contribution < -0.4 is 11.1 Å². The third kappa shape index (κ3) is 2.47. The van der Waals surface area contributed by atoms with Gasteiger partial charge in [0.1, 0.15) is 5.82 Å². The number of fused-ring (bicyclic) bond motifs is 1. The molecule has 4 nitrogen and oxygen atoms in total. The number of rotatable bonds is 4. The Balaban J connectivity index is 1.33. The molecule has 0 spiro atoms. The molecule has 2 heterocycles. The van der Waals surface area contributed by atoms with Gasteiger partial charge in [-0.25, -0.2) is 4.98 Å². The standard InChI is InChI=1S/C17H20N4/c18-15-7-4-8-19-17(15)20-16-13-10-21(11-14(13)16)9-12-5-2-1-3-6-12/h1-8,13-14,16H,9-11,18H2,(H,19,20). The number of pyridine rings is 1. The third-order valence-corrected chi connectivity index (χ3v) is 4.66. The highest BCUT2D eigenvalue weighted by atomic mass is 15.2. The van der Waals surface area contributed by atoms with Gasteiger partial charge in [-0.1, -0.05) is 30.3 Å². The maximum atomic E-state index is 5.94. The summed E-state index contributed by atoms with van der Waals surface area (Å²) < 4.78 is 0. The van der Waals surface area contributed by atoms with Gasteiger partial charge in [-0.05, 0) is 29.5 Å². The summed E-state index contributed by atoms with van der Waals surface area (Å²) in [6.07, 6.45) is 1.79. The first-order chi connectivity index (χ1) is 10.3. The summed E-state index contributed by atoms with van der Waals surface area (Å²) in [5.74, 6) is 2.33. The molecule has 4 rings (SSSR count). The van der Waals surface area contributed by atoms with Gasteiger partial charge in [0.25, 0.3) is 0 Å². The van der Waals surface area contributed by atoms with Crippen LogP contribution in [0.25, 0.3) is 0 Å². The van der Waals surface area contributed by atoms with Crippen LogP contribution in [0.15, 0.2) is 48.7 Å². The van der Waals surface area contributed by atoms with Crippen LogP contribution in [-0.2, 0) is 6.54 Å². The number of aromatic nitrogens is 1. The van der Waals surface area contributed by atoms with Crippen LogP contribution >= 0.6 is 0 Å². The number of hydrogen-bond acceptors (Lipinski definition) is 4. The van der Waals surface area contributed by atoms with E-state index in [-0.39, 0.29) is 0 Å². The smallest absolute Gasteiger partial charge is 0.149 e. The van der Waals surface area contributed by atoms with Crippen molar-refractivity contribution in [3.05, 3.63) is 54.2 Å². The Hall–Kier alpha value is -2.07. The van der Waals surface area contributed by atoms with Crippen molar-refractivity contribution >= 4 is 11.5 Å². The first-order valence-corrected chi connectivity index (χ1v) is 7.54. The molecule has 108 valence electrons. The molecule has 21 heavy (non-hydrogen) atoms. The van der Waals surface area contributed by atoms with Crippen molar-refractivity contribution in [1.29, 1.82) is 0 Å². The largest absolute Gasteiger partial charge is 0.396 e. The van der Waals surface area contributed by atoms with E-state index in [9.17, 15) is 0 Å². The number of nitrogen functional groups attached to an aromatic ring is 1. The molecule has 1 aliphatic carbocycles. The molecule has 2 atom stereocenters. The van der Waals surface area contributed by atoms with Crippen LogP contribution in [0.1, 0.15) is 5.56 Å². The SMILES string of the molecule is Nc1cccnc1NC1C2CN(Cc3ccccc3)CC21. The Bertz CT molecular complexity index is 616. The van der Waals surface area contributed by atoms with E-state index in [4.69, 9.17) is 5.73 Å². The van der Waals surface area contributed by atoms with Crippen molar-refractivity contribution in [2.24, 2.45) is 11.8 Å². The number of anilines is 2. The van der Waals surface area contributed by atoms with Crippen molar-refractivity contribution in [3.63, 3.8) is 0 Å². The lowest BCUT2D eigenvalue weighted by atomic mass is 10.2. The molecule has 0 radical (unpaired) electrons. The summed E-state index contributed by atoms with van der Waals surface area (Å²) in [6, 6.07) is 15.0. The van der Waals surface area contributed by atoms with Crippen molar-refractivity contribution in [3.8, 4) is 0 Å². The zero-order valence-corrected chi connectivity index (χ0v) is 11.9. The quantitative estimate of drug-likeness (QED) is 0.901. The fourth-order valence-corrected chi connectivity index (χ4v) is 3.49. The average molecular weight is 280 g/mol. The van der Waals surface area contributed by atoms with Crippen molar-refractivity contribution in [2.45, 2.75) is 12.6 Å². The van der Waals surface area contributed by atoms with E-state index in [1.54, 1.807) is 6.20 Å². The van der Waals surface area contributed by atoms with Crippen molar-refractivity contribution in [1.82, 2.24) is 9.88 Å². The lowest BCUT2D eigenvalue weighted by Crippen LogP contribution is -2.27. The van der Waals surface area contributed by atoms with Gasteiger partial charge in [-0.15, -0.1) is 0 Å². The molecular formula is C17H20N4. The molecule has 1 saturated heterocycles. The monoisotopic (exact) mass is 280 g/mol. The van der Waals surface area contributed by atoms with E-state index in [1.165, 1.54) is 18.7 Å². The molecule has 2 aliphatic rings. The van der Waals surface area contributed by atoms with E-state index in [1.807, 2.05) is 12.1 Å². The summed E-state index contributed by atoms with van der Waals surface area (Å²) in [5.41, 5.74) is 8.08. The summed E-state index contributed by atoms with van der Waals surface area (Å²) >= 11 is 0. The molecule has 1 aliphatic heterocycles. The highest BCUT2D eigenvalue weighted by Crippen LogP contribution is 2.47. The number of nitrogens with zero attached hydrogens (tertiary/aromatic N) is 2. The average Bonchev–Trinajstić information content (AvgIpc) is 2.94. The van der Waals surface area contributed by atoms with Gasteiger partial charge < -0.3 is 11.1 Å². The van der Waals surface area contributed by atoms with Gasteiger partial charge in [-0.2, -0.15) is 0 Å². The van der Waals surface area contributed by atoms with Gasteiger partial charge >= 0.3 is 0 Å². The van der Waals surface area contributed by atoms with Gasteiger partial charge in [0, 0.05) is 31.9 Å². The van der Waals surface area contributed by atoms with E-state index < -0.39 is 0 Å². The molecule has 4 heteroatoms. The summed E-state index contributed by atoms with van der Waals surface area (Å²) in [5, 5.41) is 3.51. The molecule has 1 aromatic heterocycles. The second-order valence-corrected chi connectivity index (χ2v) is 6.12. The maximum Gasteiger partial charge on any atom is 0.149 e. The maximum absolute atomic E-state index is 5.94. The summed E-state index contributed by atoms with van der Waals surface area (Å²) in [6.45, 7) is 3.40. The molecule has 1 aromatic carbocycles. The van der Waals surface area contributed by atoms with E-state index in [0.29, 0.717) is 6.04 Å². The number of benzene rings is 1. The van der Waals surface area contributed by atoms with Crippen LogP contribution in [0.2, 0.25) is 0 Å². The van der Waals surface area contributed by atoms with E-state index in [0.717, 1.165) is 29.9 Å². The molecule has 1 saturated carbocycles. The first-order valence-electron chi connectivity index (χ1n) is 7.54. The highest BCUT2D eigenvalue weighted by molar-refractivity contribution is 5.61. The van der Waals surface area contributed by atoms with Gasteiger partial charge in [0.2, 0.25) is 0 Å². The van der Waals surface area contributed by atoms with Gasteiger partial charge in [0.15, 0.2) is 0 Å². The second-order valence-electron chi connectivity index (χ2n) is 6.12. The molecule has 2 fully saturated rings. The number of likely N-dealkylation sites (tertiary alicyclic amines) is 1. The Morgan fingerprint density at radius 2 is 1.86 bits per heavy atom. The van der Waals surface area contributed by atoms with Crippen molar-refractivity contribution in [2.75, 3.05) is 24.1 Å². The molecule has 0 bridgehead atoms. The minimum Gasteiger partial charge on any atom is -0.396 e. The number of nitrogens with two attached hydrogens (primary N) is 1. The van der Waals surface area contributed by atoms with Gasteiger partial charge in [0.05, 0.1) is 5.69 Å². The highest BCUT2D eigenvalue weighted by Gasteiger charge is 2.55. The van der Waals surface area contributed by atoms with Crippen LogP contribution in [0.3, 0.4) is 0 Å². The van der Waals surface area contributed by atoms with E-state index >= 15 is 0 Å². The zero-order chi connectivity index (χ0) is 14.2. The van der Waals surface area contributed by atoms with Crippen LogP contribution in [0.5, 0.6) is 0 Å². The van der Waals surface area contributed by atoms with Crippen LogP contribution in [0.4, 0.5) is 11.5 Å². The predicted octanol–water partition coefficient (Wildman–Crippen LogP) is 2.21. The fourth-order valence-electron chi connectivity index (χ4n) is 3.49. The normalized spacial score (nSPS) is 27.3. The van der Waals surface area contributed by atoms with Crippen molar-refractivity contribution < 1.29 is 0 Å². The second kappa shape index (κ2) is 5.04. The fraction of sp³-hybridized carbons (Fsp3) is 0.353.